The minimum Gasteiger partial charge on any atom is -0.382 e. The molecule has 17 heteroatoms. The number of thiophene rings is 1. The number of nitrogens with zero attached hydrogens (tertiary/aromatic N) is 10. The standard InChI is InChI=1S/C22H30N2O2S.C22H28N2O.C21H32N6O3/c1-3-21(25)24(19-8-5-4-6-9-19)22(18-26-2)12-15-23(16-13-22)14-11-20-10-7-17-27-20;1-2-22(25)24(20-11-7-4-8-12-20)21-14-17-23(18-15-21)16-13-19-9-5-3-6-10-19;1-4-19(28)27(18-9-7-6-8-10-18)21(17-30-3)11-13-24(14-12-21)15-16-26-20(29)25(5-2)22-23-26/h4-10,17H,3,11-16,18H2,1-2H3;3-12,21H,2,13-18H2,1H3;6-10H,4-5,11-17H2,1-3H3. The molecule has 3 saturated heterocycles. The number of benzene rings is 4. The molecule has 4 aromatic carbocycles. The molecular formula is C65H90N10O6S. The third kappa shape index (κ3) is 17.1. The molecule has 0 aliphatic carbocycles. The van der Waals surface area contributed by atoms with Gasteiger partial charge in [-0.25, -0.2) is 4.79 Å². The monoisotopic (exact) mass is 1140 g/mol. The van der Waals surface area contributed by atoms with Crippen LogP contribution < -0.4 is 20.4 Å². The quantitative estimate of drug-likeness (QED) is 0.0606. The fourth-order valence-electron chi connectivity index (χ4n) is 11.9. The largest absolute Gasteiger partial charge is 0.382 e. The molecule has 3 fully saturated rings. The highest BCUT2D eigenvalue weighted by atomic mass is 32.1. The van der Waals surface area contributed by atoms with E-state index in [4.69, 9.17) is 9.47 Å². The van der Waals surface area contributed by atoms with Crippen LogP contribution in [-0.2, 0) is 49.8 Å². The number of rotatable bonds is 23. The summed E-state index contributed by atoms with van der Waals surface area (Å²) < 4.78 is 14.0. The van der Waals surface area contributed by atoms with Gasteiger partial charge in [0.15, 0.2) is 0 Å². The van der Waals surface area contributed by atoms with Crippen LogP contribution >= 0.6 is 11.3 Å². The topological polar surface area (TPSA) is 142 Å². The summed E-state index contributed by atoms with van der Waals surface area (Å²) in [5.41, 5.74) is 3.52. The molecular weight excluding hydrogens is 1050 g/mol. The Balaban J connectivity index is 0.000000178. The summed E-state index contributed by atoms with van der Waals surface area (Å²) in [4.78, 5) is 65.3. The Morgan fingerprint density at radius 2 is 0.963 bits per heavy atom. The van der Waals surface area contributed by atoms with Gasteiger partial charge in [-0.15, -0.1) is 11.3 Å². The van der Waals surface area contributed by atoms with Crippen molar-refractivity contribution in [1.82, 2.24) is 34.5 Å². The van der Waals surface area contributed by atoms with Crippen LogP contribution in [0.1, 0.15) is 95.9 Å². The number of aromatic nitrogens is 4. The van der Waals surface area contributed by atoms with E-state index in [1.165, 1.54) is 19.8 Å². The van der Waals surface area contributed by atoms with Crippen molar-refractivity contribution < 1.29 is 23.9 Å². The van der Waals surface area contributed by atoms with Gasteiger partial charge in [-0.2, -0.15) is 9.36 Å². The molecule has 3 aliphatic rings. The summed E-state index contributed by atoms with van der Waals surface area (Å²) >= 11 is 1.83. The SMILES string of the molecule is CCC(=O)N(c1ccccc1)C1(COC)CCN(CCc2cccs2)CC1.CCC(=O)N(c1ccccc1)C1(COC)CCN(CCn2nnn(CC)c2=O)CC1.CCC(=O)N(c1ccccc1)C1CCN(CCc2ccccc2)CC1. The molecule has 16 nitrogen and oxygen atoms in total. The maximum Gasteiger partial charge on any atom is 0.363 e. The van der Waals surface area contributed by atoms with Crippen molar-refractivity contribution in [2.75, 3.05) is 101 Å². The maximum absolute atomic E-state index is 13.0. The van der Waals surface area contributed by atoms with E-state index >= 15 is 0 Å². The molecule has 442 valence electrons. The van der Waals surface area contributed by atoms with Gasteiger partial charge in [0.2, 0.25) is 17.7 Å². The molecule has 0 bridgehead atoms. The fourth-order valence-corrected chi connectivity index (χ4v) is 12.6. The lowest BCUT2D eigenvalue weighted by Gasteiger charge is -2.48. The second kappa shape index (κ2) is 32.5. The predicted molar refractivity (Wildman–Crippen MR) is 331 cm³/mol. The van der Waals surface area contributed by atoms with Gasteiger partial charge in [0.25, 0.3) is 0 Å². The van der Waals surface area contributed by atoms with E-state index in [0.29, 0.717) is 51.6 Å². The molecule has 0 atom stereocenters. The van der Waals surface area contributed by atoms with Gasteiger partial charge < -0.3 is 38.9 Å². The number of methoxy groups -OCH3 is 2. The van der Waals surface area contributed by atoms with Gasteiger partial charge in [-0.3, -0.25) is 14.4 Å². The van der Waals surface area contributed by atoms with Crippen LogP contribution in [0.5, 0.6) is 0 Å². The van der Waals surface area contributed by atoms with Gasteiger partial charge in [0, 0.05) is 127 Å². The highest BCUT2D eigenvalue weighted by Crippen LogP contribution is 2.36. The summed E-state index contributed by atoms with van der Waals surface area (Å²) in [6.07, 6.45) is 9.29. The summed E-state index contributed by atoms with van der Waals surface area (Å²) in [6.45, 7) is 18.4. The van der Waals surface area contributed by atoms with Gasteiger partial charge in [-0.1, -0.05) is 112 Å². The van der Waals surface area contributed by atoms with Crippen molar-refractivity contribution in [3.05, 3.63) is 160 Å². The molecule has 0 N–H and O–H groups in total. The molecule has 0 radical (unpaired) electrons. The van der Waals surface area contributed by atoms with Gasteiger partial charge in [0.1, 0.15) is 0 Å². The predicted octanol–water partition coefficient (Wildman–Crippen LogP) is 9.74. The molecule has 0 spiro atoms. The second-order valence-corrected chi connectivity index (χ2v) is 22.8. The third-order valence-corrected chi connectivity index (χ3v) is 17.4. The Morgan fingerprint density at radius 1 is 0.524 bits per heavy atom. The molecule has 9 rings (SSSR count). The van der Waals surface area contributed by atoms with Crippen LogP contribution in [-0.4, -0.2) is 156 Å². The number of ether oxygens (including phenoxy) is 2. The van der Waals surface area contributed by atoms with Crippen molar-refractivity contribution >= 4 is 46.1 Å². The number of carbonyl (C=O) groups excluding carboxylic acids is 3. The van der Waals surface area contributed by atoms with E-state index in [1.54, 1.807) is 14.2 Å². The van der Waals surface area contributed by atoms with Gasteiger partial charge >= 0.3 is 5.69 Å². The zero-order valence-electron chi connectivity index (χ0n) is 49.7. The van der Waals surface area contributed by atoms with Crippen molar-refractivity contribution in [3.63, 3.8) is 0 Å². The number of hydrogen-bond donors (Lipinski definition) is 0. The molecule has 0 unspecified atom stereocenters. The normalized spacial score (nSPS) is 16.5. The van der Waals surface area contributed by atoms with Crippen LogP contribution in [0.15, 0.2) is 144 Å². The lowest BCUT2D eigenvalue weighted by Crippen LogP contribution is -2.60. The van der Waals surface area contributed by atoms with Gasteiger partial charge in [0.05, 0.1) is 30.8 Å². The average Bonchev–Trinajstić information content (AvgIpc) is 4.28. The molecule has 2 aromatic heterocycles. The van der Waals surface area contributed by atoms with Crippen LogP contribution in [0, 0.1) is 0 Å². The summed E-state index contributed by atoms with van der Waals surface area (Å²) in [6, 6.07) is 45.4. The van der Waals surface area contributed by atoms with Crippen LogP contribution in [0.2, 0.25) is 0 Å². The maximum atomic E-state index is 13.0. The molecule has 6 aromatic rings. The second-order valence-electron chi connectivity index (χ2n) is 21.7. The number of likely N-dealkylation sites (tertiary alicyclic amines) is 3. The van der Waals surface area contributed by atoms with E-state index in [9.17, 15) is 19.2 Å². The van der Waals surface area contributed by atoms with Crippen LogP contribution in [0.3, 0.4) is 0 Å². The summed E-state index contributed by atoms with van der Waals surface area (Å²) in [5.74, 6) is 0.508. The first-order valence-electron chi connectivity index (χ1n) is 29.9. The van der Waals surface area contributed by atoms with Crippen LogP contribution in [0.25, 0.3) is 0 Å². The van der Waals surface area contributed by atoms with Crippen LogP contribution in [0.4, 0.5) is 17.1 Å². The fraction of sp³-hybridized carbons (Fsp3) is 0.508. The Hall–Kier alpha value is -6.34. The van der Waals surface area contributed by atoms with E-state index in [1.807, 2.05) is 133 Å². The number of carbonyl (C=O) groups is 3. The third-order valence-electron chi connectivity index (χ3n) is 16.4. The zero-order valence-corrected chi connectivity index (χ0v) is 50.5. The molecule has 5 heterocycles. The highest BCUT2D eigenvalue weighted by molar-refractivity contribution is 7.09. The average molecular weight is 1140 g/mol. The number of amides is 3. The summed E-state index contributed by atoms with van der Waals surface area (Å²) in [7, 11) is 3.43. The zero-order chi connectivity index (χ0) is 58.2. The van der Waals surface area contributed by atoms with E-state index in [0.717, 1.165) is 127 Å². The molecule has 82 heavy (non-hydrogen) atoms. The van der Waals surface area contributed by atoms with E-state index < -0.39 is 0 Å². The molecule has 3 amide bonds. The Bertz CT molecular complexity index is 2830. The van der Waals surface area contributed by atoms with E-state index in [-0.39, 0.29) is 34.5 Å². The molecule has 0 saturated carbocycles. The van der Waals surface area contributed by atoms with Gasteiger partial charge in [-0.05, 0) is 122 Å². The number of aryl methyl sites for hydroxylation is 1. The highest BCUT2D eigenvalue weighted by Gasteiger charge is 2.44. The first-order chi connectivity index (χ1) is 40.0. The number of anilines is 3. The minimum atomic E-state index is -0.373. The number of para-hydroxylation sites is 3. The first-order valence-corrected chi connectivity index (χ1v) is 30.7. The Kier molecular flexibility index (Phi) is 25.1. The first kappa shape index (κ1) is 63.2. The smallest absolute Gasteiger partial charge is 0.363 e. The number of tetrazole rings is 1. The Morgan fingerprint density at radius 3 is 1.40 bits per heavy atom. The number of hydrogen-bond acceptors (Lipinski definition) is 12. The van der Waals surface area contributed by atoms with E-state index in [2.05, 4.69) is 85.1 Å². The lowest BCUT2D eigenvalue weighted by molar-refractivity contribution is -0.121. The minimum absolute atomic E-state index is 0.106. The Labute approximate surface area is 491 Å². The van der Waals surface area contributed by atoms with Crippen molar-refractivity contribution in [2.24, 2.45) is 0 Å². The molecule has 3 aliphatic heterocycles. The van der Waals surface area contributed by atoms with Crippen molar-refractivity contribution in [3.8, 4) is 0 Å². The van der Waals surface area contributed by atoms with Crippen molar-refractivity contribution in [1.29, 1.82) is 0 Å². The number of piperidine rings is 3. The summed E-state index contributed by atoms with van der Waals surface area (Å²) in [5, 5.41) is 9.96. The van der Waals surface area contributed by atoms with Crippen molar-refractivity contribution in [2.45, 2.75) is 129 Å². The lowest BCUT2D eigenvalue weighted by atomic mass is 9.85.